The first kappa shape index (κ1) is 16.1. The minimum atomic E-state index is -0.791. The first-order chi connectivity index (χ1) is 10.1. The van der Waals surface area contributed by atoms with Crippen LogP contribution in [0.15, 0.2) is 0 Å². The van der Waals surface area contributed by atoms with Gasteiger partial charge >= 0.3 is 12.0 Å². The number of carbonyl (C=O) groups is 2. The molecule has 1 aliphatic carbocycles. The molecule has 1 saturated carbocycles. The van der Waals surface area contributed by atoms with Crippen molar-refractivity contribution >= 4 is 12.0 Å². The first-order valence-electron chi connectivity index (χ1n) is 8.09. The molecule has 120 valence electrons. The lowest BCUT2D eigenvalue weighted by atomic mass is 10.0. The topological polar surface area (TPSA) is 72.9 Å². The van der Waals surface area contributed by atoms with Gasteiger partial charge in [-0.15, -0.1) is 0 Å². The summed E-state index contributed by atoms with van der Waals surface area (Å²) in [5, 5.41) is 12.1. The third-order valence-electron chi connectivity index (χ3n) is 4.92. The standard InChI is InChI=1S/C15H27N3O3/c1-3-17(4-2)11-8-9-18(10-11)15(21)16-13-7-5-6-12(13)14(19)20/h11-13H,3-10H2,1-2H3,(H,16,21)(H,19,20). The summed E-state index contributed by atoms with van der Waals surface area (Å²) in [7, 11) is 0. The Hall–Kier alpha value is -1.30. The Bertz CT molecular complexity index is 384. The smallest absolute Gasteiger partial charge is 0.317 e. The highest BCUT2D eigenvalue weighted by atomic mass is 16.4. The molecule has 2 aliphatic rings. The lowest BCUT2D eigenvalue weighted by Crippen LogP contribution is -2.47. The molecule has 3 atom stereocenters. The van der Waals surface area contributed by atoms with Gasteiger partial charge in [0, 0.05) is 25.2 Å². The molecule has 0 aromatic rings. The van der Waals surface area contributed by atoms with Crippen molar-refractivity contribution in [3.05, 3.63) is 0 Å². The van der Waals surface area contributed by atoms with Gasteiger partial charge in [0.25, 0.3) is 0 Å². The van der Waals surface area contributed by atoms with E-state index in [1.807, 2.05) is 4.90 Å². The van der Waals surface area contributed by atoms with E-state index in [1.54, 1.807) is 0 Å². The number of carboxylic acids is 1. The number of nitrogens with one attached hydrogen (secondary N) is 1. The van der Waals surface area contributed by atoms with Crippen molar-refractivity contribution in [2.45, 2.75) is 51.6 Å². The molecule has 1 aliphatic heterocycles. The van der Waals surface area contributed by atoms with Crippen LogP contribution in [0.2, 0.25) is 0 Å². The van der Waals surface area contributed by atoms with Crippen molar-refractivity contribution in [3.63, 3.8) is 0 Å². The Balaban J connectivity index is 1.86. The van der Waals surface area contributed by atoms with Crippen LogP contribution < -0.4 is 5.32 Å². The lowest BCUT2D eigenvalue weighted by molar-refractivity contribution is -0.142. The van der Waals surface area contributed by atoms with E-state index in [2.05, 4.69) is 24.1 Å². The normalized spacial score (nSPS) is 29.1. The predicted molar refractivity (Wildman–Crippen MR) is 80.2 cm³/mol. The molecule has 0 aromatic carbocycles. The molecule has 2 rings (SSSR count). The average Bonchev–Trinajstić information content (AvgIpc) is 3.09. The summed E-state index contributed by atoms with van der Waals surface area (Å²) in [5.74, 6) is -1.21. The largest absolute Gasteiger partial charge is 0.481 e. The molecule has 0 bridgehead atoms. The highest BCUT2D eigenvalue weighted by Crippen LogP contribution is 2.26. The third-order valence-corrected chi connectivity index (χ3v) is 4.92. The molecule has 1 heterocycles. The van der Waals surface area contributed by atoms with Gasteiger partial charge in [0.05, 0.1) is 5.92 Å². The van der Waals surface area contributed by atoms with Crippen LogP contribution in [0.25, 0.3) is 0 Å². The number of nitrogens with zero attached hydrogens (tertiary/aromatic N) is 2. The summed E-state index contributed by atoms with van der Waals surface area (Å²) < 4.78 is 0. The van der Waals surface area contributed by atoms with Gasteiger partial charge < -0.3 is 15.3 Å². The fourth-order valence-electron chi connectivity index (χ4n) is 3.64. The van der Waals surface area contributed by atoms with E-state index in [9.17, 15) is 9.59 Å². The van der Waals surface area contributed by atoms with E-state index in [1.165, 1.54) is 0 Å². The van der Waals surface area contributed by atoms with Crippen molar-refractivity contribution in [2.24, 2.45) is 5.92 Å². The fourth-order valence-corrected chi connectivity index (χ4v) is 3.64. The second kappa shape index (κ2) is 7.11. The van der Waals surface area contributed by atoms with Gasteiger partial charge in [0.15, 0.2) is 0 Å². The van der Waals surface area contributed by atoms with E-state index in [0.717, 1.165) is 45.4 Å². The van der Waals surface area contributed by atoms with Crippen LogP contribution in [-0.2, 0) is 4.79 Å². The summed E-state index contributed by atoms with van der Waals surface area (Å²) >= 11 is 0. The molecule has 6 heteroatoms. The molecule has 21 heavy (non-hydrogen) atoms. The van der Waals surface area contributed by atoms with Gasteiger partial charge in [-0.05, 0) is 32.4 Å². The molecular formula is C15H27N3O3. The van der Waals surface area contributed by atoms with E-state index in [0.29, 0.717) is 12.5 Å². The summed E-state index contributed by atoms with van der Waals surface area (Å²) in [6.07, 6.45) is 3.32. The molecule has 0 spiro atoms. The third kappa shape index (κ3) is 3.67. The van der Waals surface area contributed by atoms with Gasteiger partial charge in [-0.2, -0.15) is 0 Å². The van der Waals surface area contributed by atoms with Gasteiger partial charge in [-0.25, -0.2) is 4.79 Å². The molecule has 3 unspecified atom stereocenters. The number of aliphatic carboxylic acids is 1. The van der Waals surface area contributed by atoms with Crippen molar-refractivity contribution in [3.8, 4) is 0 Å². The summed E-state index contributed by atoms with van der Waals surface area (Å²) in [6, 6.07) is 0.134. The number of hydrogen-bond acceptors (Lipinski definition) is 3. The minimum absolute atomic E-state index is 0.0946. The second-order valence-corrected chi connectivity index (χ2v) is 6.04. The zero-order valence-electron chi connectivity index (χ0n) is 13.0. The Morgan fingerprint density at radius 3 is 2.57 bits per heavy atom. The number of carboxylic acid groups (broad SMARTS) is 1. The van der Waals surface area contributed by atoms with Crippen LogP contribution in [-0.4, -0.2) is 65.2 Å². The molecule has 2 N–H and O–H groups in total. The van der Waals surface area contributed by atoms with Crippen molar-refractivity contribution in [2.75, 3.05) is 26.2 Å². The van der Waals surface area contributed by atoms with Crippen LogP contribution in [0.5, 0.6) is 0 Å². The van der Waals surface area contributed by atoms with Crippen LogP contribution in [0, 0.1) is 5.92 Å². The quantitative estimate of drug-likeness (QED) is 0.804. The monoisotopic (exact) mass is 297 g/mol. The number of rotatable bonds is 5. The molecule has 2 amide bonds. The molecular weight excluding hydrogens is 270 g/mol. The van der Waals surface area contributed by atoms with E-state index in [-0.39, 0.29) is 12.1 Å². The number of likely N-dealkylation sites (tertiary alicyclic amines) is 1. The number of urea groups is 1. The molecule has 6 nitrogen and oxygen atoms in total. The average molecular weight is 297 g/mol. The van der Waals surface area contributed by atoms with Crippen molar-refractivity contribution < 1.29 is 14.7 Å². The Kier molecular flexibility index (Phi) is 5.45. The summed E-state index contributed by atoms with van der Waals surface area (Å²) in [4.78, 5) is 27.7. The maximum Gasteiger partial charge on any atom is 0.317 e. The van der Waals surface area contributed by atoms with E-state index >= 15 is 0 Å². The van der Waals surface area contributed by atoms with Crippen LogP contribution in [0.1, 0.15) is 39.5 Å². The van der Waals surface area contributed by atoms with Gasteiger partial charge in [0.2, 0.25) is 0 Å². The first-order valence-corrected chi connectivity index (χ1v) is 8.09. The number of hydrogen-bond donors (Lipinski definition) is 2. The maximum atomic E-state index is 12.3. The number of amides is 2. The lowest BCUT2D eigenvalue weighted by Gasteiger charge is -2.27. The zero-order valence-corrected chi connectivity index (χ0v) is 13.0. The van der Waals surface area contributed by atoms with E-state index in [4.69, 9.17) is 5.11 Å². The second-order valence-electron chi connectivity index (χ2n) is 6.04. The van der Waals surface area contributed by atoms with Crippen LogP contribution in [0.3, 0.4) is 0 Å². The highest BCUT2D eigenvalue weighted by molar-refractivity contribution is 5.77. The SMILES string of the molecule is CCN(CC)C1CCN(C(=O)NC2CCCC2C(=O)O)C1. The fraction of sp³-hybridized carbons (Fsp3) is 0.867. The van der Waals surface area contributed by atoms with Gasteiger partial charge in [-0.1, -0.05) is 20.3 Å². The van der Waals surface area contributed by atoms with Crippen LogP contribution in [0.4, 0.5) is 4.79 Å². The maximum absolute atomic E-state index is 12.3. The number of likely N-dealkylation sites (N-methyl/N-ethyl adjacent to an activating group) is 1. The Morgan fingerprint density at radius 1 is 1.24 bits per heavy atom. The molecule has 2 fully saturated rings. The zero-order chi connectivity index (χ0) is 15.4. The number of carbonyl (C=O) groups excluding carboxylic acids is 1. The van der Waals surface area contributed by atoms with E-state index < -0.39 is 11.9 Å². The van der Waals surface area contributed by atoms with Gasteiger partial charge in [0.1, 0.15) is 0 Å². The van der Waals surface area contributed by atoms with Crippen molar-refractivity contribution in [1.29, 1.82) is 0 Å². The van der Waals surface area contributed by atoms with Crippen LogP contribution >= 0.6 is 0 Å². The Labute approximate surface area is 126 Å². The molecule has 0 aromatic heterocycles. The summed E-state index contributed by atoms with van der Waals surface area (Å²) in [5.41, 5.74) is 0. The van der Waals surface area contributed by atoms with Gasteiger partial charge in [-0.3, -0.25) is 9.69 Å². The molecule has 0 radical (unpaired) electrons. The molecule has 1 saturated heterocycles. The summed E-state index contributed by atoms with van der Waals surface area (Å²) in [6.45, 7) is 7.79. The highest BCUT2D eigenvalue weighted by Gasteiger charge is 2.36. The predicted octanol–water partition coefficient (Wildman–Crippen LogP) is 1.37. The Morgan fingerprint density at radius 2 is 1.95 bits per heavy atom. The van der Waals surface area contributed by atoms with Crippen molar-refractivity contribution in [1.82, 2.24) is 15.1 Å². The minimum Gasteiger partial charge on any atom is -0.481 e.